The van der Waals surface area contributed by atoms with Crippen LogP contribution in [0.15, 0.2) is 23.3 Å². The van der Waals surface area contributed by atoms with Crippen LogP contribution in [0.2, 0.25) is 0 Å². The number of esters is 2. The molecule has 0 amide bonds. The molecular weight excluding hydrogens is 412 g/mol. The molecule has 186 valence electrons. The smallest absolute Gasteiger partial charge is 0.338 e. The Bertz CT molecular complexity index is 749. The van der Waals surface area contributed by atoms with Crippen molar-refractivity contribution in [2.24, 2.45) is 23.7 Å². The number of rotatable bonds is 13. The second-order valence-electron chi connectivity index (χ2n) is 11.1. The van der Waals surface area contributed by atoms with Gasteiger partial charge in [0.15, 0.2) is 0 Å². The zero-order valence-corrected chi connectivity index (χ0v) is 21.7. The lowest BCUT2D eigenvalue weighted by Gasteiger charge is -2.51. The van der Waals surface area contributed by atoms with Crippen LogP contribution in [0.1, 0.15) is 112 Å². The lowest BCUT2D eigenvalue weighted by atomic mass is 9.56. The van der Waals surface area contributed by atoms with E-state index >= 15 is 0 Å². The molecule has 0 N–H and O–H groups in total. The fraction of sp³-hybridized carbons (Fsp3) is 0.793. The molecule has 1 heterocycles. The van der Waals surface area contributed by atoms with Crippen LogP contribution in [0, 0.1) is 23.7 Å². The van der Waals surface area contributed by atoms with Gasteiger partial charge in [0, 0.05) is 12.8 Å². The van der Waals surface area contributed by atoms with Crippen molar-refractivity contribution < 1.29 is 19.1 Å². The maximum absolute atomic E-state index is 13.1. The standard InChI is InChI=1S/C29H46O4/c1-6-7-8-9-10-11-12-13-14-15-27(32-22(5)30)25-19-29(33-28(25)31)18-23-17-24(20(2)3)26(29)16-21(23)4/h16,19-20,23-24,26-27H,6-15,17-18H2,1-5H3/t23-,24-,26+,27+,29-/m1/s1. The van der Waals surface area contributed by atoms with E-state index < -0.39 is 11.7 Å². The maximum atomic E-state index is 13.1. The quantitative estimate of drug-likeness (QED) is 0.165. The van der Waals surface area contributed by atoms with Crippen LogP contribution in [0.25, 0.3) is 0 Å². The van der Waals surface area contributed by atoms with E-state index in [4.69, 9.17) is 9.47 Å². The number of ether oxygens (including phenoxy) is 2. The van der Waals surface area contributed by atoms with Gasteiger partial charge in [0.2, 0.25) is 0 Å². The highest BCUT2D eigenvalue weighted by Crippen LogP contribution is 2.56. The van der Waals surface area contributed by atoms with Crippen molar-refractivity contribution in [2.45, 2.75) is 123 Å². The molecule has 0 aromatic rings. The summed E-state index contributed by atoms with van der Waals surface area (Å²) in [5.41, 5.74) is 1.46. The maximum Gasteiger partial charge on any atom is 0.338 e. The van der Waals surface area contributed by atoms with Gasteiger partial charge in [-0.25, -0.2) is 4.79 Å². The molecule has 1 spiro atoms. The van der Waals surface area contributed by atoms with Gasteiger partial charge in [-0.3, -0.25) is 4.79 Å². The zero-order chi connectivity index (χ0) is 24.0. The minimum absolute atomic E-state index is 0.217. The first-order valence-electron chi connectivity index (χ1n) is 13.6. The van der Waals surface area contributed by atoms with Crippen LogP contribution in [0.3, 0.4) is 0 Å². The Morgan fingerprint density at radius 2 is 1.76 bits per heavy atom. The molecule has 4 nitrogen and oxygen atoms in total. The fourth-order valence-corrected chi connectivity index (χ4v) is 6.35. The Morgan fingerprint density at radius 1 is 1.12 bits per heavy atom. The number of hydrogen-bond donors (Lipinski definition) is 0. The zero-order valence-electron chi connectivity index (χ0n) is 21.7. The molecule has 4 aliphatic rings. The largest absolute Gasteiger partial charge is 0.457 e. The Morgan fingerprint density at radius 3 is 2.33 bits per heavy atom. The molecule has 1 aliphatic heterocycles. The molecule has 4 rings (SSSR count). The molecule has 3 aliphatic carbocycles. The topological polar surface area (TPSA) is 52.6 Å². The summed E-state index contributed by atoms with van der Waals surface area (Å²) >= 11 is 0. The van der Waals surface area contributed by atoms with E-state index in [0.29, 0.717) is 29.7 Å². The Kier molecular flexibility index (Phi) is 9.24. The number of hydrogen-bond acceptors (Lipinski definition) is 4. The normalized spacial score (nSPS) is 29.3. The fourth-order valence-electron chi connectivity index (χ4n) is 6.35. The van der Waals surface area contributed by atoms with Crippen LogP contribution in [0.5, 0.6) is 0 Å². The molecule has 0 aromatic carbocycles. The molecule has 33 heavy (non-hydrogen) atoms. The van der Waals surface area contributed by atoms with Gasteiger partial charge in [0.25, 0.3) is 0 Å². The molecule has 0 saturated heterocycles. The summed E-state index contributed by atoms with van der Waals surface area (Å²) in [7, 11) is 0. The van der Waals surface area contributed by atoms with Crippen molar-refractivity contribution in [1.82, 2.24) is 0 Å². The van der Waals surface area contributed by atoms with Crippen molar-refractivity contribution in [3.8, 4) is 0 Å². The predicted octanol–water partition coefficient (Wildman–Crippen LogP) is 7.32. The lowest BCUT2D eigenvalue weighted by Crippen LogP contribution is -2.51. The second-order valence-corrected chi connectivity index (χ2v) is 11.1. The van der Waals surface area contributed by atoms with Gasteiger partial charge in [-0.15, -0.1) is 0 Å². The number of allylic oxidation sites excluding steroid dienone is 1. The summed E-state index contributed by atoms with van der Waals surface area (Å²) in [6, 6.07) is 0. The summed E-state index contributed by atoms with van der Waals surface area (Å²) in [6.45, 7) is 10.4. The van der Waals surface area contributed by atoms with Gasteiger partial charge in [-0.05, 0) is 56.4 Å². The van der Waals surface area contributed by atoms with Crippen molar-refractivity contribution in [2.75, 3.05) is 0 Å². The Balaban J connectivity index is 1.62. The number of carbonyl (C=O) groups excluding carboxylic acids is 2. The molecule has 0 aromatic heterocycles. The molecule has 4 heteroatoms. The van der Waals surface area contributed by atoms with Crippen molar-refractivity contribution >= 4 is 11.9 Å². The molecule has 0 radical (unpaired) electrons. The average Bonchev–Trinajstić information content (AvgIpc) is 3.08. The number of carbonyl (C=O) groups is 2. The first-order valence-corrected chi connectivity index (χ1v) is 13.6. The van der Waals surface area contributed by atoms with Gasteiger partial charge in [-0.1, -0.05) is 83.8 Å². The lowest BCUT2D eigenvalue weighted by molar-refractivity contribution is -0.159. The number of fused-ring (bicyclic) bond motifs is 1. The van der Waals surface area contributed by atoms with Crippen LogP contribution < -0.4 is 0 Å². The van der Waals surface area contributed by atoms with Crippen molar-refractivity contribution in [3.63, 3.8) is 0 Å². The van der Waals surface area contributed by atoms with Gasteiger partial charge in [0.1, 0.15) is 11.7 Å². The summed E-state index contributed by atoms with van der Waals surface area (Å²) in [6.07, 6.45) is 17.8. The summed E-state index contributed by atoms with van der Waals surface area (Å²) < 4.78 is 11.8. The van der Waals surface area contributed by atoms with Gasteiger partial charge in [0.05, 0.1) is 5.57 Å². The molecule has 2 bridgehead atoms. The molecule has 0 unspecified atom stereocenters. The van der Waals surface area contributed by atoms with E-state index in [9.17, 15) is 9.59 Å². The number of unbranched alkanes of at least 4 members (excludes halogenated alkanes) is 8. The third-order valence-electron chi connectivity index (χ3n) is 8.23. The van der Waals surface area contributed by atoms with Crippen molar-refractivity contribution in [3.05, 3.63) is 23.3 Å². The predicted molar refractivity (Wildman–Crippen MR) is 133 cm³/mol. The highest BCUT2D eigenvalue weighted by Gasteiger charge is 2.56. The van der Waals surface area contributed by atoms with Crippen LogP contribution in [0.4, 0.5) is 0 Å². The highest BCUT2D eigenvalue weighted by molar-refractivity contribution is 5.93. The third kappa shape index (κ3) is 6.31. The molecule has 5 atom stereocenters. The van der Waals surface area contributed by atoms with E-state index in [-0.39, 0.29) is 17.9 Å². The molecular formula is C29H46O4. The van der Waals surface area contributed by atoms with E-state index in [1.165, 1.54) is 63.9 Å². The first-order chi connectivity index (χ1) is 15.8. The average molecular weight is 459 g/mol. The van der Waals surface area contributed by atoms with E-state index in [1.54, 1.807) is 0 Å². The first kappa shape index (κ1) is 26.0. The molecule has 1 fully saturated rings. The Hall–Kier alpha value is -1.58. The van der Waals surface area contributed by atoms with E-state index in [2.05, 4.69) is 39.8 Å². The van der Waals surface area contributed by atoms with Crippen LogP contribution in [-0.4, -0.2) is 23.6 Å². The summed E-state index contributed by atoms with van der Waals surface area (Å²) in [5.74, 6) is 1.14. The van der Waals surface area contributed by atoms with Crippen molar-refractivity contribution in [1.29, 1.82) is 0 Å². The van der Waals surface area contributed by atoms with Crippen LogP contribution >= 0.6 is 0 Å². The minimum Gasteiger partial charge on any atom is -0.457 e. The minimum atomic E-state index is -0.555. The SMILES string of the molecule is CCCCCCCCCCC[C@H](OC(C)=O)C1=C[C@@]2(C[C@H]3C[C@H](C(C)C)[C@@H]2C=C3C)OC1=O. The summed E-state index contributed by atoms with van der Waals surface area (Å²) in [4.78, 5) is 24.9. The Labute approximate surface area is 201 Å². The highest BCUT2D eigenvalue weighted by atomic mass is 16.6. The van der Waals surface area contributed by atoms with Gasteiger partial charge < -0.3 is 9.47 Å². The second kappa shape index (κ2) is 11.7. The van der Waals surface area contributed by atoms with Gasteiger partial charge in [-0.2, -0.15) is 0 Å². The van der Waals surface area contributed by atoms with Gasteiger partial charge >= 0.3 is 11.9 Å². The van der Waals surface area contributed by atoms with E-state index in [1.807, 2.05) is 0 Å². The van der Waals surface area contributed by atoms with E-state index in [0.717, 1.165) is 19.3 Å². The molecule has 1 saturated carbocycles. The van der Waals surface area contributed by atoms with Crippen LogP contribution in [-0.2, 0) is 19.1 Å². The summed E-state index contributed by atoms with van der Waals surface area (Å²) in [5, 5.41) is 0. The monoisotopic (exact) mass is 458 g/mol. The third-order valence-corrected chi connectivity index (χ3v) is 8.23.